The quantitative estimate of drug-likeness (QED) is 0.240. The Morgan fingerprint density at radius 3 is 1.93 bits per heavy atom. The number of nitrogens with zero attached hydrogens (tertiary/aromatic N) is 3. The molecule has 6 rings (SSSR count). The van der Waals surface area contributed by atoms with Crippen LogP contribution in [0.2, 0.25) is 10.0 Å². The van der Waals surface area contributed by atoms with E-state index in [0.717, 1.165) is 42.5 Å². The van der Waals surface area contributed by atoms with Crippen LogP contribution in [0.25, 0.3) is 31.6 Å². The van der Waals surface area contributed by atoms with Gasteiger partial charge in [0.1, 0.15) is 15.3 Å². The average molecular weight is 630 g/mol. The monoisotopic (exact) mass is 628 g/mol. The lowest BCUT2D eigenvalue weighted by atomic mass is 9.94. The molecule has 0 unspecified atom stereocenters. The molecule has 0 saturated heterocycles. The Morgan fingerprint density at radius 1 is 0.927 bits per heavy atom. The van der Waals surface area contributed by atoms with Gasteiger partial charge in [-0.25, -0.2) is 14.8 Å². The van der Waals surface area contributed by atoms with E-state index in [1.54, 1.807) is 46.0 Å². The maximum Gasteiger partial charge on any atom is 0.411 e. The molecule has 6 heterocycles. The molecule has 1 N–H and O–H groups in total. The Balaban J connectivity index is 0.000000174. The largest absolute Gasteiger partial charge is 0.444 e. The molecule has 6 nitrogen and oxygen atoms in total. The van der Waals surface area contributed by atoms with Gasteiger partial charge in [-0.3, -0.25) is 4.90 Å². The van der Waals surface area contributed by atoms with Gasteiger partial charge in [0.15, 0.2) is 0 Å². The van der Waals surface area contributed by atoms with Gasteiger partial charge in [0, 0.05) is 51.5 Å². The lowest BCUT2D eigenvalue weighted by molar-refractivity contribution is 0.0172. The summed E-state index contributed by atoms with van der Waals surface area (Å²) >= 11 is 15.7. The van der Waals surface area contributed by atoms with Crippen LogP contribution in [-0.4, -0.2) is 50.7 Å². The first-order valence-electron chi connectivity index (χ1n) is 13.4. The number of amides is 1. The first-order valence-corrected chi connectivity index (χ1v) is 15.8. The van der Waals surface area contributed by atoms with Gasteiger partial charge >= 0.3 is 6.09 Å². The van der Waals surface area contributed by atoms with E-state index >= 15 is 0 Å². The molecule has 4 aromatic heterocycles. The third-order valence-corrected chi connectivity index (χ3v) is 10.1. The molecule has 10 heteroatoms. The summed E-state index contributed by atoms with van der Waals surface area (Å²) in [4.78, 5) is 27.3. The molecule has 216 valence electrons. The fraction of sp³-hybridized carbons (Fsp3) is 0.387. The van der Waals surface area contributed by atoms with Crippen molar-refractivity contribution in [1.82, 2.24) is 20.2 Å². The zero-order chi connectivity index (χ0) is 29.7. The van der Waals surface area contributed by atoms with Crippen LogP contribution in [0.1, 0.15) is 58.2 Å². The standard InChI is InChI=1S/C18H21ClN2O2S.C13H13ClN2S/c1-17(2,3)23-16(22)21-9-7-12(18(21,4)5)14-10-11-13(19)6-8-20-15(11)24-14;1-13(2)9(3-6-16-13)11-7-8-10(14)4-5-15-12(8)17-11/h6-8,10H,9H2,1-5H3;3-5,7,16H,6H2,1-2H3. The first kappa shape index (κ1) is 30.0. The molecule has 0 aliphatic carbocycles. The number of thiophene rings is 2. The van der Waals surface area contributed by atoms with E-state index in [1.165, 1.54) is 10.5 Å². The fourth-order valence-corrected chi connectivity index (χ4v) is 8.04. The van der Waals surface area contributed by atoms with Gasteiger partial charge in [0.25, 0.3) is 0 Å². The molecule has 0 atom stereocenters. The van der Waals surface area contributed by atoms with Gasteiger partial charge in [-0.15, -0.1) is 22.7 Å². The van der Waals surface area contributed by atoms with Crippen LogP contribution in [0.5, 0.6) is 0 Å². The van der Waals surface area contributed by atoms with E-state index in [2.05, 4.69) is 53.4 Å². The number of pyridine rings is 2. The Bertz CT molecular complexity index is 1700. The number of aromatic nitrogens is 2. The summed E-state index contributed by atoms with van der Waals surface area (Å²) in [7, 11) is 0. The van der Waals surface area contributed by atoms with Gasteiger partial charge in [-0.05, 0) is 83.9 Å². The molecule has 0 saturated carbocycles. The summed E-state index contributed by atoms with van der Waals surface area (Å²) < 4.78 is 5.54. The zero-order valence-corrected chi connectivity index (χ0v) is 27.4. The summed E-state index contributed by atoms with van der Waals surface area (Å²) in [5.74, 6) is 0. The SMILES string of the molecule is CC(C)(C)OC(=O)N1CC=C(c2cc3c(Cl)ccnc3s2)C1(C)C.CC1(C)NCC=C1c1cc2c(Cl)ccnc2s1. The molecule has 0 aromatic carbocycles. The van der Waals surface area contributed by atoms with Crippen LogP contribution in [0.15, 0.2) is 48.8 Å². The van der Waals surface area contributed by atoms with E-state index in [4.69, 9.17) is 27.9 Å². The Kier molecular flexibility index (Phi) is 8.02. The molecule has 41 heavy (non-hydrogen) atoms. The summed E-state index contributed by atoms with van der Waals surface area (Å²) in [5.41, 5.74) is 1.53. The molecule has 2 aliphatic rings. The third-order valence-electron chi connectivity index (χ3n) is 7.25. The predicted molar refractivity (Wildman–Crippen MR) is 174 cm³/mol. The topological polar surface area (TPSA) is 67.3 Å². The second-order valence-electron chi connectivity index (χ2n) is 12.1. The van der Waals surface area contributed by atoms with Crippen molar-refractivity contribution in [2.45, 2.75) is 65.1 Å². The second-order valence-corrected chi connectivity index (χ2v) is 15.0. The molecule has 2 aliphatic heterocycles. The van der Waals surface area contributed by atoms with E-state index in [1.807, 2.05) is 40.7 Å². The second kappa shape index (κ2) is 11.0. The molecular weight excluding hydrogens is 595 g/mol. The molecular formula is C31H34Cl2N4O2S2. The van der Waals surface area contributed by atoms with Crippen LogP contribution in [0.4, 0.5) is 4.79 Å². The number of fused-ring (bicyclic) bond motifs is 2. The summed E-state index contributed by atoms with van der Waals surface area (Å²) in [5, 5.41) is 6.94. The minimum atomic E-state index is -0.509. The molecule has 0 bridgehead atoms. The van der Waals surface area contributed by atoms with Gasteiger partial charge < -0.3 is 10.1 Å². The normalized spacial score (nSPS) is 17.8. The Morgan fingerprint density at radius 2 is 1.46 bits per heavy atom. The van der Waals surface area contributed by atoms with Gasteiger partial charge in [-0.2, -0.15) is 0 Å². The van der Waals surface area contributed by atoms with Crippen LogP contribution in [-0.2, 0) is 4.74 Å². The van der Waals surface area contributed by atoms with Crippen LogP contribution >= 0.6 is 45.9 Å². The van der Waals surface area contributed by atoms with Gasteiger partial charge in [0.05, 0.1) is 15.6 Å². The van der Waals surface area contributed by atoms with Crippen molar-refractivity contribution in [2.24, 2.45) is 0 Å². The molecule has 0 fully saturated rings. The summed E-state index contributed by atoms with van der Waals surface area (Å²) in [6.07, 6.45) is 7.51. The molecule has 1 amide bonds. The third kappa shape index (κ3) is 6.04. The van der Waals surface area contributed by atoms with Crippen LogP contribution in [0.3, 0.4) is 0 Å². The number of carbonyl (C=O) groups excluding carboxylic acids is 1. The lowest BCUT2D eigenvalue weighted by Gasteiger charge is -2.35. The summed E-state index contributed by atoms with van der Waals surface area (Å²) in [6, 6.07) is 7.84. The van der Waals surface area contributed by atoms with Crippen molar-refractivity contribution >= 4 is 83.5 Å². The van der Waals surface area contributed by atoms with Crippen LogP contribution < -0.4 is 5.32 Å². The van der Waals surface area contributed by atoms with E-state index in [9.17, 15) is 4.79 Å². The fourth-order valence-electron chi connectivity index (χ4n) is 5.08. The van der Waals surface area contributed by atoms with Crippen molar-refractivity contribution in [2.75, 3.05) is 13.1 Å². The number of carbonyl (C=O) groups is 1. The lowest BCUT2D eigenvalue weighted by Crippen LogP contribution is -2.46. The first-order chi connectivity index (χ1) is 19.2. The van der Waals surface area contributed by atoms with Crippen molar-refractivity contribution in [1.29, 1.82) is 0 Å². The number of ether oxygens (including phenoxy) is 1. The van der Waals surface area contributed by atoms with Crippen LogP contribution in [0, 0.1) is 0 Å². The highest BCUT2D eigenvalue weighted by Gasteiger charge is 2.41. The van der Waals surface area contributed by atoms with Gasteiger partial charge in [0.2, 0.25) is 0 Å². The number of hydrogen-bond acceptors (Lipinski definition) is 7. The Labute approximate surface area is 259 Å². The smallest absolute Gasteiger partial charge is 0.411 e. The minimum absolute atomic E-state index is 0.0351. The van der Waals surface area contributed by atoms with E-state index in [-0.39, 0.29) is 11.6 Å². The van der Waals surface area contributed by atoms with Crippen molar-refractivity contribution < 1.29 is 9.53 Å². The highest BCUT2D eigenvalue weighted by atomic mass is 35.5. The minimum Gasteiger partial charge on any atom is -0.444 e. The van der Waals surface area contributed by atoms with E-state index in [0.29, 0.717) is 11.6 Å². The number of nitrogens with one attached hydrogen (secondary N) is 1. The maximum atomic E-state index is 12.5. The molecule has 0 radical (unpaired) electrons. The number of hydrogen-bond donors (Lipinski definition) is 1. The maximum absolute atomic E-state index is 12.5. The Hall–Kier alpha value is -2.49. The molecule has 4 aromatic rings. The summed E-state index contributed by atoms with van der Waals surface area (Å²) in [6.45, 7) is 15.6. The average Bonchev–Trinajstić information content (AvgIpc) is 3.62. The zero-order valence-electron chi connectivity index (χ0n) is 24.3. The number of halogens is 2. The predicted octanol–water partition coefficient (Wildman–Crippen LogP) is 9.08. The number of rotatable bonds is 2. The van der Waals surface area contributed by atoms with Gasteiger partial charge in [-0.1, -0.05) is 35.4 Å². The highest BCUT2D eigenvalue weighted by Crippen LogP contribution is 2.43. The van der Waals surface area contributed by atoms with E-state index < -0.39 is 11.1 Å². The van der Waals surface area contributed by atoms with Crippen molar-refractivity contribution in [3.05, 3.63) is 68.6 Å². The van der Waals surface area contributed by atoms with Crippen molar-refractivity contribution in [3.8, 4) is 0 Å². The molecule has 0 spiro atoms. The van der Waals surface area contributed by atoms with Crippen molar-refractivity contribution in [3.63, 3.8) is 0 Å². The highest BCUT2D eigenvalue weighted by molar-refractivity contribution is 7.20.